The van der Waals surface area contributed by atoms with Gasteiger partial charge < -0.3 is 0 Å². The predicted octanol–water partition coefficient (Wildman–Crippen LogP) is 2.85. The van der Waals surface area contributed by atoms with Gasteiger partial charge in [-0.15, -0.1) is 0 Å². The van der Waals surface area contributed by atoms with E-state index >= 15 is 0 Å². The molecular formula is C7H9Cl. The molecule has 0 saturated carbocycles. The first-order valence-electron chi connectivity index (χ1n) is 2.81. The molecule has 1 heteroatoms. The Hall–Kier alpha value is -0.230. The average molecular weight is 129 g/mol. The Labute approximate surface area is 54.8 Å². The number of allylic oxidation sites excluding steroid dienone is 4. The first-order valence-corrected chi connectivity index (χ1v) is 3.18. The van der Waals surface area contributed by atoms with Crippen LogP contribution in [0.2, 0.25) is 0 Å². The fourth-order valence-corrected chi connectivity index (χ4v) is 0.873. The predicted molar refractivity (Wildman–Crippen MR) is 36.9 cm³/mol. The molecule has 0 aromatic carbocycles. The monoisotopic (exact) mass is 128 g/mol. The van der Waals surface area contributed by atoms with Gasteiger partial charge in [-0.2, -0.15) is 0 Å². The molecule has 0 heterocycles. The molecule has 0 unspecified atom stereocenters. The highest BCUT2D eigenvalue weighted by atomic mass is 35.5. The maximum atomic E-state index is 5.70. The summed E-state index contributed by atoms with van der Waals surface area (Å²) in [7, 11) is 0. The molecule has 8 heavy (non-hydrogen) atoms. The van der Waals surface area contributed by atoms with E-state index in [1.807, 2.05) is 6.08 Å². The van der Waals surface area contributed by atoms with Gasteiger partial charge in [0.2, 0.25) is 0 Å². The lowest BCUT2D eigenvalue weighted by Gasteiger charge is -2.03. The normalized spacial score (nSPS) is 19.8. The molecule has 0 nitrogen and oxygen atoms in total. The summed E-state index contributed by atoms with van der Waals surface area (Å²) in [6.07, 6.45) is 6.21. The second-order valence-corrected chi connectivity index (χ2v) is 2.61. The minimum atomic E-state index is 0.982. The van der Waals surface area contributed by atoms with Gasteiger partial charge in [-0.1, -0.05) is 23.3 Å². The number of hydrogen-bond acceptors (Lipinski definition) is 0. The van der Waals surface area contributed by atoms with Gasteiger partial charge in [-0.25, -0.2) is 0 Å². The molecule has 0 aromatic heterocycles. The van der Waals surface area contributed by atoms with Crippen LogP contribution in [0.5, 0.6) is 0 Å². The fraction of sp³-hybridized carbons (Fsp3) is 0.429. The highest BCUT2D eigenvalue weighted by Crippen LogP contribution is 2.19. The Kier molecular flexibility index (Phi) is 1.74. The second-order valence-electron chi connectivity index (χ2n) is 2.13. The molecule has 0 saturated heterocycles. The molecule has 1 rings (SSSR count). The zero-order valence-electron chi connectivity index (χ0n) is 4.95. The van der Waals surface area contributed by atoms with Gasteiger partial charge in [0.05, 0.1) is 0 Å². The first kappa shape index (κ1) is 5.90. The summed E-state index contributed by atoms with van der Waals surface area (Å²) in [6, 6.07) is 0. The Morgan fingerprint density at radius 3 is 2.50 bits per heavy atom. The van der Waals surface area contributed by atoms with Gasteiger partial charge in [0.15, 0.2) is 0 Å². The molecule has 1 aliphatic carbocycles. The van der Waals surface area contributed by atoms with E-state index in [9.17, 15) is 0 Å². The van der Waals surface area contributed by atoms with Crippen molar-refractivity contribution in [3.8, 4) is 0 Å². The Morgan fingerprint density at radius 2 is 2.12 bits per heavy atom. The molecule has 0 aromatic rings. The van der Waals surface area contributed by atoms with E-state index in [2.05, 4.69) is 13.0 Å². The molecule has 0 bridgehead atoms. The van der Waals surface area contributed by atoms with E-state index in [1.54, 1.807) is 0 Å². The van der Waals surface area contributed by atoms with Gasteiger partial charge in [-0.3, -0.25) is 0 Å². The molecule has 0 aliphatic heterocycles. The smallest absolute Gasteiger partial charge is 0.0184 e. The van der Waals surface area contributed by atoms with Crippen molar-refractivity contribution in [2.45, 2.75) is 19.8 Å². The standard InChI is InChI=1S/C7H9Cl/c1-6-2-4-7(8)5-3-6/h2,4H,3,5H2,1H3. The minimum absolute atomic E-state index is 0.982. The summed E-state index contributed by atoms with van der Waals surface area (Å²) >= 11 is 5.70. The highest BCUT2D eigenvalue weighted by molar-refractivity contribution is 6.29. The summed E-state index contributed by atoms with van der Waals surface area (Å²) in [5.41, 5.74) is 1.43. The van der Waals surface area contributed by atoms with Crippen LogP contribution in [-0.4, -0.2) is 0 Å². The van der Waals surface area contributed by atoms with E-state index in [0.717, 1.165) is 17.9 Å². The molecule has 0 radical (unpaired) electrons. The van der Waals surface area contributed by atoms with Crippen molar-refractivity contribution in [3.05, 3.63) is 22.8 Å². The van der Waals surface area contributed by atoms with Crippen molar-refractivity contribution in [1.29, 1.82) is 0 Å². The third kappa shape index (κ3) is 1.38. The van der Waals surface area contributed by atoms with Crippen molar-refractivity contribution in [1.82, 2.24) is 0 Å². The molecular weight excluding hydrogens is 120 g/mol. The number of rotatable bonds is 0. The summed E-state index contributed by atoms with van der Waals surface area (Å²) in [4.78, 5) is 0. The van der Waals surface area contributed by atoms with E-state index in [0.29, 0.717) is 0 Å². The van der Waals surface area contributed by atoms with Crippen LogP contribution in [0.1, 0.15) is 19.8 Å². The van der Waals surface area contributed by atoms with Crippen molar-refractivity contribution in [2.24, 2.45) is 0 Å². The van der Waals surface area contributed by atoms with Crippen LogP contribution in [0.25, 0.3) is 0 Å². The van der Waals surface area contributed by atoms with Gasteiger partial charge in [0.25, 0.3) is 0 Å². The average Bonchev–Trinajstić information content (AvgIpc) is 1.77. The lowest BCUT2D eigenvalue weighted by atomic mass is 10.1. The third-order valence-electron chi connectivity index (χ3n) is 1.31. The van der Waals surface area contributed by atoms with E-state index in [4.69, 9.17) is 11.6 Å². The Balaban J connectivity index is 2.65. The van der Waals surface area contributed by atoms with Crippen molar-refractivity contribution in [2.75, 3.05) is 0 Å². The van der Waals surface area contributed by atoms with Crippen LogP contribution >= 0.6 is 11.6 Å². The number of hydrogen-bond donors (Lipinski definition) is 0. The van der Waals surface area contributed by atoms with E-state index < -0.39 is 0 Å². The van der Waals surface area contributed by atoms with Crippen LogP contribution in [0.4, 0.5) is 0 Å². The lowest BCUT2D eigenvalue weighted by molar-refractivity contribution is 0.947. The maximum absolute atomic E-state index is 5.70. The van der Waals surface area contributed by atoms with Crippen LogP contribution < -0.4 is 0 Å². The summed E-state index contributed by atoms with van der Waals surface area (Å²) in [6.45, 7) is 2.12. The zero-order chi connectivity index (χ0) is 5.98. The summed E-state index contributed by atoms with van der Waals surface area (Å²) in [5.74, 6) is 0. The maximum Gasteiger partial charge on any atom is 0.0184 e. The summed E-state index contributed by atoms with van der Waals surface area (Å²) in [5, 5.41) is 0.982. The van der Waals surface area contributed by atoms with Crippen molar-refractivity contribution < 1.29 is 0 Å². The quantitative estimate of drug-likeness (QED) is 0.471. The molecule has 0 spiro atoms. The van der Waals surface area contributed by atoms with E-state index in [1.165, 1.54) is 5.57 Å². The third-order valence-corrected chi connectivity index (χ3v) is 1.62. The SMILES string of the molecule is CC1=CC=C(Cl)CC1. The van der Waals surface area contributed by atoms with Crippen molar-refractivity contribution >= 4 is 11.6 Å². The van der Waals surface area contributed by atoms with Gasteiger partial charge in [0.1, 0.15) is 0 Å². The molecule has 44 valence electrons. The van der Waals surface area contributed by atoms with Crippen LogP contribution in [-0.2, 0) is 0 Å². The van der Waals surface area contributed by atoms with Crippen LogP contribution in [0.3, 0.4) is 0 Å². The lowest BCUT2D eigenvalue weighted by Crippen LogP contribution is -1.83. The molecule has 0 fully saturated rings. The second kappa shape index (κ2) is 2.36. The van der Waals surface area contributed by atoms with Crippen LogP contribution in [0.15, 0.2) is 22.8 Å². The summed E-state index contributed by atoms with van der Waals surface area (Å²) < 4.78 is 0. The molecule has 0 amide bonds. The van der Waals surface area contributed by atoms with Gasteiger partial charge in [-0.05, 0) is 25.8 Å². The zero-order valence-corrected chi connectivity index (χ0v) is 5.70. The Bertz CT molecular complexity index is 124. The van der Waals surface area contributed by atoms with Crippen molar-refractivity contribution in [3.63, 3.8) is 0 Å². The highest BCUT2D eigenvalue weighted by Gasteiger charge is 1.97. The van der Waals surface area contributed by atoms with Crippen LogP contribution in [0, 0.1) is 0 Å². The molecule has 0 N–H and O–H groups in total. The molecule has 1 aliphatic rings. The molecule has 0 atom stereocenters. The van der Waals surface area contributed by atoms with Gasteiger partial charge in [0, 0.05) is 5.03 Å². The largest absolute Gasteiger partial charge is 0.0891 e. The first-order chi connectivity index (χ1) is 3.79. The Morgan fingerprint density at radius 1 is 1.38 bits per heavy atom. The topological polar surface area (TPSA) is 0 Å². The van der Waals surface area contributed by atoms with Gasteiger partial charge >= 0.3 is 0 Å². The van der Waals surface area contributed by atoms with E-state index in [-0.39, 0.29) is 0 Å². The minimum Gasteiger partial charge on any atom is -0.0891 e. The fourth-order valence-electron chi connectivity index (χ4n) is 0.716. The number of halogens is 1.